The molecule has 604 valence electrons. The van der Waals surface area contributed by atoms with E-state index < -0.39 is 124 Å². The molecule has 0 aromatic rings. The predicted molar refractivity (Wildman–Crippen MR) is 407 cm³/mol. The number of carbonyl (C=O) groups is 1. The van der Waals surface area contributed by atoms with Crippen LogP contribution in [-0.2, 0) is 33.2 Å². The summed E-state index contributed by atoms with van der Waals surface area (Å²) in [6.07, 6.45) is 50.7. The number of carbonyl (C=O) groups excluding carboxylic acids is 1. The Balaban J connectivity index is 1.35. The van der Waals surface area contributed by atoms with Crippen molar-refractivity contribution in [3.8, 4) is 0 Å². The molecule has 0 radical (unpaired) electrons. The van der Waals surface area contributed by atoms with Crippen LogP contribution in [0.3, 0.4) is 0 Å². The molecule has 3 rings (SSSR count). The third-order valence-electron chi connectivity index (χ3n) is 21.8. The molecule has 12 N–H and O–H groups in total. The number of ether oxygens (including phenoxy) is 6. The van der Waals surface area contributed by atoms with Gasteiger partial charge in [0.15, 0.2) is 18.9 Å². The van der Waals surface area contributed by atoms with Gasteiger partial charge in [-0.15, -0.1) is 0 Å². The lowest BCUT2D eigenvalue weighted by molar-refractivity contribution is -0.379. The first-order valence-corrected chi connectivity index (χ1v) is 42.9. The Kier molecular flexibility index (Phi) is 59.8. The van der Waals surface area contributed by atoms with E-state index >= 15 is 0 Å². The Morgan fingerprint density at radius 3 is 0.922 bits per heavy atom. The van der Waals surface area contributed by atoms with Gasteiger partial charge >= 0.3 is 0 Å². The summed E-state index contributed by atoms with van der Waals surface area (Å²) in [4.78, 5) is 13.5. The van der Waals surface area contributed by atoms with Gasteiger partial charge in [-0.2, -0.15) is 0 Å². The summed E-state index contributed by atoms with van der Waals surface area (Å²) in [5.41, 5.74) is 0. The minimum atomic E-state index is -1.98. The van der Waals surface area contributed by atoms with Crippen LogP contribution in [0.2, 0.25) is 0 Å². The van der Waals surface area contributed by atoms with E-state index in [1.165, 1.54) is 308 Å². The summed E-state index contributed by atoms with van der Waals surface area (Å²) in [6.45, 7) is 1.81. The molecule has 1 amide bonds. The molecule has 17 unspecified atom stereocenters. The van der Waals surface area contributed by atoms with Crippen molar-refractivity contribution in [2.75, 3.05) is 26.4 Å². The summed E-state index contributed by atoms with van der Waals surface area (Å²) in [5, 5.41) is 121. The topological polar surface area (TPSA) is 307 Å². The highest BCUT2D eigenvalue weighted by Crippen LogP contribution is 2.34. The van der Waals surface area contributed by atoms with E-state index in [-0.39, 0.29) is 18.9 Å². The molecular formula is C83H159NO18. The van der Waals surface area contributed by atoms with Crippen molar-refractivity contribution < 1.29 is 89.4 Å². The molecular weight excluding hydrogens is 1300 g/mol. The number of aliphatic hydroxyl groups excluding tert-OH is 11. The fraction of sp³-hybridized carbons (Fsp3) is 0.964. The Morgan fingerprint density at radius 1 is 0.343 bits per heavy atom. The van der Waals surface area contributed by atoms with E-state index in [9.17, 15) is 61.0 Å². The average molecular weight is 1460 g/mol. The number of nitrogens with one attached hydrogen (secondary N) is 1. The quantitative estimate of drug-likeness (QED) is 0.0199. The van der Waals surface area contributed by atoms with Gasteiger partial charge in [0.25, 0.3) is 0 Å². The van der Waals surface area contributed by atoms with Gasteiger partial charge in [-0.05, 0) is 19.3 Å². The van der Waals surface area contributed by atoms with Gasteiger partial charge in [0.05, 0.1) is 38.6 Å². The van der Waals surface area contributed by atoms with Gasteiger partial charge in [0, 0.05) is 6.42 Å². The van der Waals surface area contributed by atoms with E-state index in [1.54, 1.807) is 6.08 Å². The first kappa shape index (κ1) is 94.7. The molecule has 0 aromatic heterocycles. The number of unbranched alkanes of at least 4 members (excludes halogenated alkanes) is 54. The highest BCUT2D eigenvalue weighted by Gasteiger charge is 2.54. The first-order valence-electron chi connectivity index (χ1n) is 42.9. The van der Waals surface area contributed by atoms with Gasteiger partial charge in [-0.1, -0.05) is 366 Å². The van der Waals surface area contributed by atoms with Crippen LogP contribution in [0, 0.1) is 0 Å². The normalized spacial score (nSPS) is 26.1. The van der Waals surface area contributed by atoms with Crippen LogP contribution < -0.4 is 5.32 Å². The average Bonchev–Trinajstić information content (AvgIpc) is 0.780. The highest BCUT2D eigenvalue weighted by atomic mass is 16.8. The van der Waals surface area contributed by atoms with Crippen molar-refractivity contribution in [3.63, 3.8) is 0 Å². The fourth-order valence-electron chi connectivity index (χ4n) is 15.0. The summed E-state index contributed by atoms with van der Waals surface area (Å²) in [5.74, 6) is -0.265. The number of hydrogen-bond acceptors (Lipinski definition) is 18. The molecule has 19 heteroatoms. The minimum absolute atomic E-state index is 0.250. The second-order valence-electron chi connectivity index (χ2n) is 31.0. The van der Waals surface area contributed by atoms with Crippen molar-refractivity contribution >= 4 is 5.91 Å². The molecule has 102 heavy (non-hydrogen) atoms. The predicted octanol–water partition coefficient (Wildman–Crippen LogP) is 15.1. The van der Waals surface area contributed by atoms with Gasteiger partial charge in [-0.25, -0.2) is 0 Å². The third-order valence-corrected chi connectivity index (χ3v) is 21.8. The van der Waals surface area contributed by atoms with Crippen LogP contribution in [-0.4, -0.2) is 193 Å². The van der Waals surface area contributed by atoms with Crippen molar-refractivity contribution in [3.05, 3.63) is 12.2 Å². The summed E-state index contributed by atoms with van der Waals surface area (Å²) in [7, 11) is 0. The largest absolute Gasteiger partial charge is 0.394 e. The molecule has 17 atom stereocenters. The summed E-state index contributed by atoms with van der Waals surface area (Å²) >= 11 is 0. The Labute approximate surface area is 620 Å². The SMILES string of the molecule is CCCCCCCCCCCCCCCCCCCCCCCCCCCCCCC/C=C/C(O)C(COC1OC(CO)C(OC2OC(CO)C(OC3OC(CO)C(O)C(O)C3O)C(O)C2O)C(O)C1O)NC(=O)CCCCCCCCCCCCCCCCCCCCCCCCCCCC. The summed E-state index contributed by atoms with van der Waals surface area (Å²) < 4.78 is 34.5. The molecule has 0 aromatic carbocycles. The Morgan fingerprint density at radius 2 is 0.608 bits per heavy atom. The van der Waals surface area contributed by atoms with Crippen molar-refractivity contribution in [2.45, 2.75) is 484 Å². The molecule has 3 heterocycles. The van der Waals surface area contributed by atoms with Crippen molar-refractivity contribution in [2.24, 2.45) is 0 Å². The van der Waals surface area contributed by atoms with Crippen LogP contribution >= 0.6 is 0 Å². The number of aliphatic hydroxyl groups is 11. The highest BCUT2D eigenvalue weighted by molar-refractivity contribution is 5.76. The van der Waals surface area contributed by atoms with E-state index in [0.29, 0.717) is 6.42 Å². The van der Waals surface area contributed by atoms with Gasteiger partial charge in [0.1, 0.15) is 73.2 Å². The van der Waals surface area contributed by atoms with Crippen LogP contribution in [0.1, 0.15) is 380 Å². The monoisotopic (exact) mass is 1460 g/mol. The fourth-order valence-corrected chi connectivity index (χ4v) is 15.0. The molecule has 0 spiro atoms. The number of allylic oxidation sites excluding steroid dienone is 1. The van der Waals surface area contributed by atoms with Gasteiger partial charge in [0.2, 0.25) is 5.91 Å². The number of rotatable bonds is 70. The summed E-state index contributed by atoms with van der Waals surface area (Å²) in [6, 6.07) is -0.971. The maximum atomic E-state index is 13.5. The smallest absolute Gasteiger partial charge is 0.220 e. The second kappa shape index (κ2) is 64.4. The maximum Gasteiger partial charge on any atom is 0.220 e. The molecule has 3 saturated heterocycles. The molecule has 0 aliphatic carbocycles. The lowest BCUT2D eigenvalue weighted by Gasteiger charge is -2.48. The second-order valence-corrected chi connectivity index (χ2v) is 31.0. The van der Waals surface area contributed by atoms with Gasteiger partial charge in [-0.3, -0.25) is 4.79 Å². The van der Waals surface area contributed by atoms with Crippen LogP contribution in [0.5, 0.6) is 0 Å². The minimum Gasteiger partial charge on any atom is -0.394 e. The molecule has 0 bridgehead atoms. The Bertz CT molecular complexity index is 1890. The standard InChI is InChI=1S/C83H159NO18/c1-3-5-7-9-11-13-15-17-19-21-23-25-27-29-31-32-33-34-35-36-38-40-42-44-46-48-50-52-54-56-58-60-67(88)66(84-71(89)61-59-57-55-53-51-49-47-45-43-41-39-37-30-28-26-24-22-20-18-16-14-12-10-8-6-4-2)65-97-81-77(95)74(92)79(69(63-86)99-81)102-83-78(96)75(93)80(70(64-87)100-83)101-82-76(94)73(91)72(90)68(62-85)98-82/h58,60,66-70,72-83,85-88,90-96H,3-57,59,61-65H2,1-2H3,(H,84,89)/b60-58+. The van der Waals surface area contributed by atoms with E-state index in [4.69, 9.17) is 28.4 Å². The third kappa shape index (κ3) is 43.7. The lowest BCUT2D eigenvalue weighted by Crippen LogP contribution is -2.66. The molecule has 3 aliphatic rings. The number of hydrogen-bond donors (Lipinski definition) is 12. The van der Waals surface area contributed by atoms with E-state index in [2.05, 4.69) is 19.2 Å². The van der Waals surface area contributed by atoms with Crippen LogP contribution in [0.4, 0.5) is 0 Å². The Hall–Kier alpha value is -1.47. The van der Waals surface area contributed by atoms with Gasteiger partial charge < -0.3 is 89.9 Å². The van der Waals surface area contributed by atoms with Crippen molar-refractivity contribution in [1.82, 2.24) is 5.32 Å². The molecule has 3 fully saturated rings. The molecule has 0 saturated carbocycles. The lowest BCUT2D eigenvalue weighted by atomic mass is 9.96. The van der Waals surface area contributed by atoms with Crippen LogP contribution in [0.15, 0.2) is 12.2 Å². The molecule has 3 aliphatic heterocycles. The van der Waals surface area contributed by atoms with Crippen molar-refractivity contribution in [1.29, 1.82) is 0 Å². The van der Waals surface area contributed by atoms with E-state index in [1.807, 2.05) is 6.08 Å². The van der Waals surface area contributed by atoms with Crippen LogP contribution in [0.25, 0.3) is 0 Å². The maximum absolute atomic E-state index is 13.5. The zero-order valence-corrected chi connectivity index (χ0v) is 64.9. The number of amides is 1. The zero-order chi connectivity index (χ0) is 73.9. The molecule has 19 nitrogen and oxygen atoms in total. The zero-order valence-electron chi connectivity index (χ0n) is 64.9. The first-order chi connectivity index (χ1) is 49.8. The van der Waals surface area contributed by atoms with E-state index in [0.717, 1.165) is 44.9 Å².